The SMILES string of the molecule is N#Cc1ncccc1S(=O)(=O)N(CCO)CCO. The summed E-state index contributed by atoms with van der Waals surface area (Å²) in [5.74, 6) is 0. The van der Waals surface area contributed by atoms with Crippen LogP contribution in [0.25, 0.3) is 0 Å². The van der Waals surface area contributed by atoms with Gasteiger partial charge in [-0.2, -0.15) is 9.57 Å². The molecule has 0 bridgehead atoms. The maximum atomic E-state index is 12.2. The van der Waals surface area contributed by atoms with Gasteiger partial charge in [0, 0.05) is 19.3 Å². The van der Waals surface area contributed by atoms with Gasteiger partial charge in [0.2, 0.25) is 10.0 Å². The Labute approximate surface area is 105 Å². The van der Waals surface area contributed by atoms with Gasteiger partial charge in [0.15, 0.2) is 5.69 Å². The van der Waals surface area contributed by atoms with Gasteiger partial charge in [-0.15, -0.1) is 0 Å². The van der Waals surface area contributed by atoms with Crippen LogP contribution in [0.15, 0.2) is 23.2 Å². The largest absolute Gasteiger partial charge is 0.395 e. The van der Waals surface area contributed by atoms with Crippen LogP contribution in [0.2, 0.25) is 0 Å². The summed E-state index contributed by atoms with van der Waals surface area (Å²) in [5, 5.41) is 26.5. The van der Waals surface area contributed by atoms with Crippen molar-refractivity contribution in [2.45, 2.75) is 4.90 Å². The van der Waals surface area contributed by atoms with E-state index in [-0.39, 0.29) is 36.9 Å². The molecule has 2 N–H and O–H groups in total. The minimum Gasteiger partial charge on any atom is -0.395 e. The van der Waals surface area contributed by atoms with Crippen molar-refractivity contribution in [2.24, 2.45) is 0 Å². The van der Waals surface area contributed by atoms with Gasteiger partial charge < -0.3 is 10.2 Å². The normalized spacial score (nSPS) is 11.4. The molecular weight excluding hydrogens is 258 g/mol. The Morgan fingerprint density at radius 1 is 1.33 bits per heavy atom. The van der Waals surface area contributed by atoms with Crippen LogP contribution in [0.3, 0.4) is 0 Å². The predicted molar refractivity (Wildman–Crippen MR) is 61.9 cm³/mol. The number of hydrogen-bond acceptors (Lipinski definition) is 6. The molecule has 98 valence electrons. The predicted octanol–water partition coefficient (Wildman–Crippen LogP) is -1.07. The highest BCUT2D eigenvalue weighted by molar-refractivity contribution is 7.89. The first-order valence-corrected chi connectivity index (χ1v) is 6.59. The van der Waals surface area contributed by atoms with E-state index in [2.05, 4.69) is 4.98 Å². The lowest BCUT2D eigenvalue weighted by molar-refractivity contribution is 0.217. The van der Waals surface area contributed by atoms with E-state index in [0.29, 0.717) is 0 Å². The summed E-state index contributed by atoms with van der Waals surface area (Å²) in [5.41, 5.74) is -0.210. The molecule has 1 aromatic heterocycles. The topological polar surface area (TPSA) is 115 Å². The molecule has 0 fully saturated rings. The Hall–Kier alpha value is -1.53. The van der Waals surface area contributed by atoms with Crippen LogP contribution in [0.5, 0.6) is 0 Å². The lowest BCUT2D eigenvalue weighted by Gasteiger charge is -2.20. The zero-order valence-corrected chi connectivity index (χ0v) is 10.3. The fourth-order valence-electron chi connectivity index (χ4n) is 1.40. The first-order valence-electron chi connectivity index (χ1n) is 5.15. The van der Waals surface area contributed by atoms with Crippen LogP contribution < -0.4 is 0 Å². The second-order valence-electron chi connectivity index (χ2n) is 3.31. The summed E-state index contributed by atoms with van der Waals surface area (Å²) in [6.07, 6.45) is 1.32. The lowest BCUT2D eigenvalue weighted by atomic mass is 10.4. The summed E-state index contributed by atoms with van der Waals surface area (Å²) in [4.78, 5) is 3.45. The fourth-order valence-corrected chi connectivity index (χ4v) is 2.91. The van der Waals surface area contributed by atoms with Gasteiger partial charge in [-0.1, -0.05) is 0 Å². The van der Waals surface area contributed by atoms with Crippen LogP contribution in [-0.2, 0) is 10.0 Å². The maximum Gasteiger partial charge on any atom is 0.246 e. The fraction of sp³-hybridized carbons (Fsp3) is 0.400. The molecule has 1 aromatic rings. The first kappa shape index (κ1) is 14.5. The molecule has 0 aliphatic rings. The molecule has 0 spiro atoms. The van der Waals surface area contributed by atoms with Crippen LogP contribution in [0, 0.1) is 11.3 Å². The highest BCUT2D eigenvalue weighted by Crippen LogP contribution is 2.17. The van der Waals surface area contributed by atoms with Gasteiger partial charge in [-0.05, 0) is 12.1 Å². The lowest BCUT2D eigenvalue weighted by Crippen LogP contribution is -2.36. The van der Waals surface area contributed by atoms with Crippen LogP contribution in [0.1, 0.15) is 5.69 Å². The minimum absolute atomic E-state index is 0.150. The molecule has 0 saturated carbocycles. The Bertz CT molecular complexity index is 532. The second kappa shape index (κ2) is 6.42. The van der Waals surface area contributed by atoms with E-state index in [1.54, 1.807) is 6.07 Å². The van der Waals surface area contributed by atoms with E-state index in [1.807, 2.05) is 0 Å². The molecular formula is C10H13N3O4S. The third-order valence-electron chi connectivity index (χ3n) is 2.19. The molecule has 0 amide bonds. The van der Waals surface area contributed by atoms with E-state index >= 15 is 0 Å². The number of sulfonamides is 1. The Morgan fingerprint density at radius 2 is 1.94 bits per heavy atom. The van der Waals surface area contributed by atoms with Gasteiger partial charge in [-0.25, -0.2) is 13.4 Å². The number of aliphatic hydroxyl groups is 2. The average molecular weight is 271 g/mol. The molecule has 1 heterocycles. The molecule has 7 nitrogen and oxygen atoms in total. The molecule has 18 heavy (non-hydrogen) atoms. The van der Waals surface area contributed by atoms with Gasteiger partial charge in [0.25, 0.3) is 0 Å². The summed E-state index contributed by atoms with van der Waals surface area (Å²) in [6, 6.07) is 4.37. The summed E-state index contributed by atoms with van der Waals surface area (Å²) in [6.45, 7) is -1.05. The molecule has 0 unspecified atom stereocenters. The van der Waals surface area contributed by atoms with Crippen LogP contribution in [-0.4, -0.2) is 54.2 Å². The van der Waals surface area contributed by atoms with Crippen LogP contribution in [0.4, 0.5) is 0 Å². The van der Waals surface area contributed by atoms with Crippen molar-refractivity contribution in [3.63, 3.8) is 0 Å². The monoisotopic (exact) mass is 271 g/mol. The number of aromatic nitrogens is 1. The van der Waals surface area contributed by atoms with Crippen molar-refractivity contribution in [1.82, 2.24) is 9.29 Å². The van der Waals surface area contributed by atoms with Crippen molar-refractivity contribution >= 4 is 10.0 Å². The van der Waals surface area contributed by atoms with E-state index in [9.17, 15) is 8.42 Å². The van der Waals surface area contributed by atoms with Gasteiger partial charge in [0.05, 0.1) is 13.2 Å². The zero-order valence-electron chi connectivity index (χ0n) is 9.52. The third kappa shape index (κ3) is 3.02. The highest BCUT2D eigenvalue weighted by Gasteiger charge is 2.26. The number of nitriles is 1. The first-order chi connectivity index (χ1) is 8.57. The third-order valence-corrected chi connectivity index (χ3v) is 4.12. The smallest absolute Gasteiger partial charge is 0.246 e. The molecule has 8 heteroatoms. The van der Waals surface area contributed by atoms with Crippen molar-refractivity contribution in [3.8, 4) is 6.07 Å². The Balaban J connectivity index is 3.23. The van der Waals surface area contributed by atoms with Gasteiger partial charge >= 0.3 is 0 Å². The Kier molecular flexibility index (Phi) is 5.18. The van der Waals surface area contributed by atoms with Crippen molar-refractivity contribution < 1.29 is 18.6 Å². The molecule has 0 aliphatic carbocycles. The molecule has 0 aliphatic heterocycles. The number of pyridine rings is 1. The van der Waals surface area contributed by atoms with E-state index in [4.69, 9.17) is 15.5 Å². The van der Waals surface area contributed by atoms with Crippen molar-refractivity contribution in [2.75, 3.05) is 26.3 Å². The quantitative estimate of drug-likeness (QED) is 0.680. The number of hydrogen-bond donors (Lipinski definition) is 2. The maximum absolute atomic E-state index is 12.2. The number of rotatable bonds is 6. The molecule has 1 rings (SSSR count). The standard InChI is InChI=1S/C10H13N3O4S/c11-8-9-10(2-1-3-12-9)18(16,17)13(4-6-14)5-7-15/h1-3,14-15H,4-7H2. The molecule has 0 saturated heterocycles. The Morgan fingerprint density at radius 3 is 2.44 bits per heavy atom. The summed E-state index contributed by atoms with van der Waals surface area (Å²) in [7, 11) is -3.94. The van der Waals surface area contributed by atoms with Gasteiger partial charge in [0.1, 0.15) is 11.0 Å². The average Bonchev–Trinajstić information content (AvgIpc) is 2.38. The highest BCUT2D eigenvalue weighted by atomic mass is 32.2. The van der Waals surface area contributed by atoms with Crippen LogP contribution >= 0.6 is 0 Å². The summed E-state index contributed by atoms with van der Waals surface area (Å²) >= 11 is 0. The molecule has 0 aromatic carbocycles. The number of aliphatic hydroxyl groups excluding tert-OH is 2. The molecule has 0 atom stereocenters. The molecule has 0 radical (unpaired) electrons. The van der Waals surface area contributed by atoms with E-state index in [1.165, 1.54) is 18.3 Å². The minimum atomic E-state index is -3.94. The summed E-state index contributed by atoms with van der Waals surface area (Å²) < 4.78 is 25.3. The zero-order chi connectivity index (χ0) is 13.6. The van der Waals surface area contributed by atoms with Crippen molar-refractivity contribution in [3.05, 3.63) is 24.0 Å². The van der Waals surface area contributed by atoms with Crippen molar-refractivity contribution in [1.29, 1.82) is 5.26 Å². The van der Waals surface area contributed by atoms with Gasteiger partial charge in [-0.3, -0.25) is 0 Å². The van der Waals surface area contributed by atoms with E-state index < -0.39 is 10.0 Å². The number of nitrogens with zero attached hydrogens (tertiary/aromatic N) is 3. The second-order valence-corrected chi connectivity index (χ2v) is 5.22. The van der Waals surface area contributed by atoms with E-state index in [0.717, 1.165) is 4.31 Å².